The molecule has 94 valence electrons. The van der Waals surface area contributed by atoms with E-state index in [0.29, 0.717) is 11.3 Å². The number of hydrogen-bond acceptors (Lipinski definition) is 1. The predicted octanol–water partition coefficient (Wildman–Crippen LogP) is 4.00. The molecule has 0 radical (unpaired) electrons. The first-order valence-corrected chi connectivity index (χ1v) is 7.15. The largest absolute Gasteiger partial charge is 0.393 e. The molecule has 0 amide bonds. The Morgan fingerprint density at radius 3 is 2.00 bits per heavy atom. The molecule has 1 heteroatoms. The van der Waals surface area contributed by atoms with Crippen molar-refractivity contribution in [2.24, 2.45) is 23.2 Å². The molecule has 0 bridgehead atoms. The van der Waals surface area contributed by atoms with Gasteiger partial charge in [0.2, 0.25) is 0 Å². The second-order valence-corrected chi connectivity index (χ2v) is 7.22. The van der Waals surface area contributed by atoms with Gasteiger partial charge in [-0.05, 0) is 55.3 Å². The van der Waals surface area contributed by atoms with Gasteiger partial charge in [0.25, 0.3) is 0 Å². The molecule has 2 aliphatic rings. The Morgan fingerprint density at radius 2 is 1.56 bits per heavy atom. The number of aliphatic hydroxyl groups is 1. The molecule has 0 aliphatic heterocycles. The smallest absolute Gasteiger partial charge is 0.0571 e. The second kappa shape index (κ2) is 4.68. The van der Waals surface area contributed by atoms with E-state index in [4.69, 9.17) is 0 Å². The maximum absolute atomic E-state index is 10.2. The van der Waals surface area contributed by atoms with Crippen LogP contribution in [0.1, 0.15) is 65.7 Å². The topological polar surface area (TPSA) is 20.2 Å². The summed E-state index contributed by atoms with van der Waals surface area (Å²) < 4.78 is 0. The molecule has 2 rings (SSSR count). The molecule has 0 heterocycles. The lowest BCUT2D eigenvalue weighted by molar-refractivity contribution is 0.0447. The van der Waals surface area contributed by atoms with E-state index in [-0.39, 0.29) is 6.10 Å². The molecule has 2 saturated carbocycles. The summed E-state index contributed by atoms with van der Waals surface area (Å²) in [5, 5.41) is 10.2. The van der Waals surface area contributed by atoms with Gasteiger partial charge >= 0.3 is 0 Å². The molecular weight excluding hydrogens is 196 g/mol. The van der Waals surface area contributed by atoms with Crippen molar-refractivity contribution in [1.29, 1.82) is 0 Å². The second-order valence-electron chi connectivity index (χ2n) is 7.22. The average molecular weight is 224 g/mol. The van der Waals surface area contributed by atoms with Gasteiger partial charge in [-0.1, -0.05) is 33.6 Å². The summed E-state index contributed by atoms with van der Waals surface area (Å²) in [6.45, 7) is 7.08. The molecule has 0 saturated heterocycles. The SMILES string of the molecule is CC(C)(C)C1CCC(C(O)CC2CC2)CC1. The van der Waals surface area contributed by atoms with Gasteiger partial charge in [0.15, 0.2) is 0 Å². The summed E-state index contributed by atoms with van der Waals surface area (Å²) in [7, 11) is 0. The quantitative estimate of drug-likeness (QED) is 0.768. The van der Waals surface area contributed by atoms with Crippen molar-refractivity contribution in [3.63, 3.8) is 0 Å². The Kier molecular flexibility index (Phi) is 3.63. The average Bonchev–Trinajstić information content (AvgIpc) is 3.00. The Bertz CT molecular complexity index is 216. The molecule has 1 N–H and O–H groups in total. The van der Waals surface area contributed by atoms with E-state index in [1.54, 1.807) is 0 Å². The van der Waals surface area contributed by atoms with Crippen LogP contribution in [-0.4, -0.2) is 11.2 Å². The molecule has 16 heavy (non-hydrogen) atoms. The molecule has 0 aromatic rings. The number of aliphatic hydroxyl groups excluding tert-OH is 1. The number of hydrogen-bond donors (Lipinski definition) is 1. The van der Waals surface area contributed by atoms with Gasteiger partial charge in [-0.25, -0.2) is 0 Å². The fraction of sp³-hybridized carbons (Fsp3) is 1.00. The highest BCUT2D eigenvalue weighted by atomic mass is 16.3. The maximum Gasteiger partial charge on any atom is 0.0571 e. The molecule has 0 aromatic heterocycles. The van der Waals surface area contributed by atoms with Crippen molar-refractivity contribution in [3.8, 4) is 0 Å². The minimum Gasteiger partial charge on any atom is -0.393 e. The number of rotatable bonds is 3. The first-order valence-electron chi connectivity index (χ1n) is 7.15. The van der Waals surface area contributed by atoms with Gasteiger partial charge in [-0.3, -0.25) is 0 Å². The molecule has 0 spiro atoms. The Hall–Kier alpha value is -0.0400. The Labute approximate surface area is 101 Å². The molecule has 2 fully saturated rings. The van der Waals surface area contributed by atoms with E-state index in [0.717, 1.165) is 18.3 Å². The molecule has 1 unspecified atom stereocenters. The first kappa shape index (κ1) is 12.4. The molecule has 1 atom stereocenters. The van der Waals surface area contributed by atoms with E-state index < -0.39 is 0 Å². The van der Waals surface area contributed by atoms with Gasteiger partial charge in [0.05, 0.1) is 6.10 Å². The molecular formula is C15H28O. The normalized spacial score (nSPS) is 33.8. The van der Waals surface area contributed by atoms with Gasteiger partial charge in [0.1, 0.15) is 0 Å². The van der Waals surface area contributed by atoms with Crippen molar-refractivity contribution in [3.05, 3.63) is 0 Å². The summed E-state index contributed by atoms with van der Waals surface area (Å²) >= 11 is 0. The summed E-state index contributed by atoms with van der Waals surface area (Å²) in [6, 6.07) is 0. The van der Waals surface area contributed by atoms with Crippen molar-refractivity contribution >= 4 is 0 Å². The summed E-state index contributed by atoms with van der Waals surface area (Å²) in [5.41, 5.74) is 0.465. The van der Waals surface area contributed by atoms with Crippen molar-refractivity contribution in [2.45, 2.75) is 71.8 Å². The van der Waals surface area contributed by atoms with Gasteiger partial charge in [-0.15, -0.1) is 0 Å². The van der Waals surface area contributed by atoms with Crippen LogP contribution in [0.15, 0.2) is 0 Å². The predicted molar refractivity (Wildman–Crippen MR) is 68.3 cm³/mol. The fourth-order valence-electron chi connectivity index (χ4n) is 3.26. The van der Waals surface area contributed by atoms with Crippen LogP contribution >= 0.6 is 0 Å². The van der Waals surface area contributed by atoms with Gasteiger partial charge < -0.3 is 5.11 Å². The highest BCUT2D eigenvalue weighted by molar-refractivity contribution is 4.85. The van der Waals surface area contributed by atoms with Crippen LogP contribution in [0.5, 0.6) is 0 Å². The van der Waals surface area contributed by atoms with Crippen LogP contribution in [-0.2, 0) is 0 Å². The van der Waals surface area contributed by atoms with E-state index in [2.05, 4.69) is 20.8 Å². The van der Waals surface area contributed by atoms with Crippen molar-refractivity contribution in [2.75, 3.05) is 0 Å². The van der Waals surface area contributed by atoms with Crippen LogP contribution < -0.4 is 0 Å². The lowest BCUT2D eigenvalue weighted by atomic mass is 9.68. The molecule has 2 aliphatic carbocycles. The summed E-state index contributed by atoms with van der Waals surface area (Å²) in [6.07, 6.45) is 9.01. The van der Waals surface area contributed by atoms with Crippen LogP contribution in [0.4, 0.5) is 0 Å². The third kappa shape index (κ3) is 3.23. The third-order valence-corrected chi connectivity index (χ3v) is 4.81. The van der Waals surface area contributed by atoms with Crippen molar-refractivity contribution < 1.29 is 5.11 Å². The van der Waals surface area contributed by atoms with E-state index in [1.807, 2.05) is 0 Å². The van der Waals surface area contributed by atoms with Crippen LogP contribution in [0.2, 0.25) is 0 Å². The highest BCUT2D eigenvalue weighted by Crippen LogP contribution is 2.43. The maximum atomic E-state index is 10.2. The van der Waals surface area contributed by atoms with Crippen molar-refractivity contribution in [1.82, 2.24) is 0 Å². The standard InChI is InChI=1S/C15H28O/c1-15(2,3)13-8-6-12(7-9-13)14(16)10-11-4-5-11/h11-14,16H,4-10H2,1-3H3. The molecule has 0 aromatic carbocycles. The minimum atomic E-state index is 0.00779. The summed E-state index contributed by atoms with van der Waals surface area (Å²) in [4.78, 5) is 0. The zero-order chi connectivity index (χ0) is 11.8. The lowest BCUT2D eigenvalue weighted by Gasteiger charge is -2.38. The monoisotopic (exact) mass is 224 g/mol. The first-order chi connectivity index (χ1) is 7.47. The van der Waals surface area contributed by atoms with Crippen LogP contribution in [0.25, 0.3) is 0 Å². The summed E-state index contributed by atoms with van der Waals surface area (Å²) in [5.74, 6) is 2.35. The van der Waals surface area contributed by atoms with E-state index in [9.17, 15) is 5.11 Å². The Balaban J connectivity index is 1.75. The highest BCUT2D eigenvalue weighted by Gasteiger charge is 2.34. The van der Waals surface area contributed by atoms with E-state index >= 15 is 0 Å². The zero-order valence-electron chi connectivity index (χ0n) is 11.2. The fourth-order valence-corrected chi connectivity index (χ4v) is 3.26. The Morgan fingerprint density at radius 1 is 1.00 bits per heavy atom. The third-order valence-electron chi connectivity index (χ3n) is 4.81. The zero-order valence-corrected chi connectivity index (χ0v) is 11.2. The van der Waals surface area contributed by atoms with Gasteiger partial charge in [-0.2, -0.15) is 0 Å². The van der Waals surface area contributed by atoms with Gasteiger partial charge in [0, 0.05) is 0 Å². The lowest BCUT2D eigenvalue weighted by Crippen LogP contribution is -2.31. The van der Waals surface area contributed by atoms with Crippen LogP contribution in [0, 0.1) is 23.2 Å². The molecule has 1 nitrogen and oxygen atoms in total. The van der Waals surface area contributed by atoms with E-state index in [1.165, 1.54) is 38.5 Å². The minimum absolute atomic E-state index is 0.00779. The van der Waals surface area contributed by atoms with Crippen LogP contribution in [0.3, 0.4) is 0 Å².